The van der Waals surface area contributed by atoms with Gasteiger partial charge in [0.15, 0.2) is 0 Å². The number of alkyl halides is 2. The zero-order valence-electron chi connectivity index (χ0n) is 17.1. The Hall–Kier alpha value is -2.74. The molecule has 1 aliphatic heterocycles. The molecular formula is C22H28F2N4O2. The minimum absolute atomic E-state index is 0.0115. The van der Waals surface area contributed by atoms with Crippen LogP contribution in [0.1, 0.15) is 18.9 Å². The number of hydrogen-bond acceptors (Lipinski definition) is 5. The van der Waals surface area contributed by atoms with E-state index in [1.54, 1.807) is 12.1 Å². The molecule has 6 nitrogen and oxygen atoms in total. The maximum absolute atomic E-state index is 12.2. The zero-order valence-corrected chi connectivity index (χ0v) is 17.1. The molecule has 30 heavy (non-hydrogen) atoms. The maximum atomic E-state index is 12.2. The van der Waals surface area contributed by atoms with Crippen LogP contribution in [0.5, 0.6) is 5.75 Å². The molecule has 1 aromatic heterocycles. The summed E-state index contributed by atoms with van der Waals surface area (Å²) >= 11 is 0. The van der Waals surface area contributed by atoms with Crippen LogP contribution in [0.25, 0.3) is 0 Å². The summed E-state index contributed by atoms with van der Waals surface area (Å²) in [6, 6.07) is 12.4. The molecule has 1 amide bonds. The lowest BCUT2D eigenvalue weighted by Crippen LogP contribution is -2.51. The topological polar surface area (TPSA) is 57.7 Å². The van der Waals surface area contributed by atoms with Crippen LogP contribution in [0.4, 0.5) is 14.6 Å². The second-order valence-electron chi connectivity index (χ2n) is 7.47. The average Bonchev–Trinajstić information content (AvgIpc) is 2.74. The highest BCUT2D eigenvalue weighted by molar-refractivity contribution is 5.76. The number of aromatic nitrogens is 1. The normalized spacial score (nSPS) is 15.8. The summed E-state index contributed by atoms with van der Waals surface area (Å²) in [6.07, 6.45) is 2.72. The summed E-state index contributed by atoms with van der Waals surface area (Å²) in [5.74, 6) is 1.12. The van der Waals surface area contributed by atoms with Crippen molar-refractivity contribution in [3.63, 3.8) is 0 Å². The Kier molecular flexibility index (Phi) is 7.96. The van der Waals surface area contributed by atoms with Gasteiger partial charge in [-0.25, -0.2) is 4.98 Å². The summed E-state index contributed by atoms with van der Waals surface area (Å²) in [5.41, 5.74) is 0.907. The molecule has 3 rings (SSSR count). The van der Waals surface area contributed by atoms with Gasteiger partial charge in [0.2, 0.25) is 5.91 Å². The van der Waals surface area contributed by atoms with Crippen LogP contribution in [0, 0.1) is 0 Å². The number of benzene rings is 1. The maximum Gasteiger partial charge on any atom is 0.387 e. The summed E-state index contributed by atoms with van der Waals surface area (Å²) in [4.78, 5) is 21.3. The number of pyridine rings is 1. The number of carbonyl (C=O) groups is 1. The van der Waals surface area contributed by atoms with Crippen molar-refractivity contribution >= 4 is 11.7 Å². The van der Waals surface area contributed by atoms with Crippen molar-refractivity contribution in [3.8, 4) is 5.75 Å². The Morgan fingerprint density at radius 1 is 1.13 bits per heavy atom. The lowest BCUT2D eigenvalue weighted by atomic mass is 10.1. The molecule has 1 aromatic carbocycles. The van der Waals surface area contributed by atoms with E-state index in [4.69, 9.17) is 0 Å². The van der Waals surface area contributed by atoms with Crippen molar-refractivity contribution in [2.24, 2.45) is 0 Å². The van der Waals surface area contributed by atoms with Crippen LogP contribution in [0.2, 0.25) is 0 Å². The fraction of sp³-hybridized carbons (Fsp3) is 0.455. The van der Waals surface area contributed by atoms with E-state index >= 15 is 0 Å². The van der Waals surface area contributed by atoms with Gasteiger partial charge < -0.3 is 15.0 Å². The van der Waals surface area contributed by atoms with E-state index in [1.165, 1.54) is 12.1 Å². The molecule has 1 atom stereocenters. The predicted octanol–water partition coefficient (Wildman–Crippen LogP) is 2.94. The smallest absolute Gasteiger partial charge is 0.387 e. The minimum atomic E-state index is -2.83. The van der Waals surface area contributed by atoms with Gasteiger partial charge in [-0.05, 0) is 43.2 Å². The van der Waals surface area contributed by atoms with Gasteiger partial charge in [-0.1, -0.05) is 18.2 Å². The van der Waals surface area contributed by atoms with Gasteiger partial charge in [0.05, 0.1) is 0 Å². The number of anilines is 1. The molecule has 1 aliphatic rings. The average molecular weight is 418 g/mol. The molecule has 0 saturated carbocycles. The van der Waals surface area contributed by atoms with Gasteiger partial charge in [0.25, 0.3) is 0 Å². The van der Waals surface area contributed by atoms with Crippen LogP contribution < -0.4 is 15.0 Å². The van der Waals surface area contributed by atoms with Crippen molar-refractivity contribution < 1.29 is 18.3 Å². The molecular weight excluding hydrogens is 390 g/mol. The lowest BCUT2D eigenvalue weighted by molar-refractivity contribution is -0.121. The second kappa shape index (κ2) is 10.9. The van der Waals surface area contributed by atoms with Gasteiger partial charge in [0.1, 0.15) is 11.6 Å². The van der Waals surface area contributed by atoms with Gasteiger partial charge in [0, 0.05) is 51.4 Å². The van der Waals surface area contributed by atoms with Crippen molar-refractivity contribution in [1.82, 2.24) is 15.2 Å². The van der Waals surface area contributed by atoms with E-state index < -0.39 is 6.61 Å². The van der Waals surface area contributed by atoms with Crippen LogP contribution in [-0.4, -0.2) is 61.2 Å². The van der Waals surface area contributed by atoms with Crippen molar-refractivity contribution in [1.29, 1.82) is 0 Å². The monoisotopic (exact) mass is 418 g/mol. The molecule has 1 N–H and O–H groups in total. The van der Waals surface area contributed by atoms with E-state index in [1.807, 2.05) is 31.3 Å². The summed E-state index contributed by atoms with van der Waals surface area (Å²) in [6.45, 7) is 3.70. The fourth-order valence-corrected chi connectivity index (χ4v) is 3.58. The number of halogens is 2. The number of aryl methyl sites for hydroxylation is 1. The first kappa shape index (κ1) is 22.0. The van der Waals surface area contributed by atoms with E-state index in [-0.39, 0.29) is 17.7 Å². The van der Waals surface area contributed by atoms with E-state index in [0.717, 1.165) is 44.1 Å². The largest absolute Gasteiger partial charge is 0.435 e. The highest BCUT2D eigenvalue weighted by Gasteiger charge is 2.20. The molecule has 0 bridgehead atoms. The van der Waals surface area contributed by atoms with Crippen LogP contribution >= 0.6 is 0 Å². The molecule has 162 valence electrons. The molecule has 2 heterocycles. The number of ether oxygens (including phenoxy) is 1. The molecule has 0 spiro atoms. The van der Waals surface area contributed by atoms with Gasteiger partial charge in [-0.3, -0.25) is 9.69 Å². The third-order valence-electron chi connectivity index (χ3n) is 5.07. The third-order valence-corrected chi connectivity index (χ3v) is 5.07. The Labute approximate surface area is 175 Å². The van der Waals surface area contributed by atoms with E-state index in [2.05, 4.69) is 24.8 Å². The number of nitrogens with one attached hydrogen (secondary N) is 1. The van der Waals surface area contributed by atoms with Gasteiger partial charge in [-0.15, -0.1) is 0 Å². The number of carbonyl (C=O) groups excluding carboxylic acids is 1. The SMILES string of the molecule is CC(CN1CCN(c2ccccn2)CC1)NC(=O)CCc1ccc(OC(F)F)cc1. The van der Waals surface area contributed by atoms with Crippen molar-refractivity contribution in [2.45, 2.75) is 32.4 Å². The Morgan fingerprint density at radius 3 is 2.50 bits per heavy atom. The number of rotatable bonds is 9. The highest BCUT2D eigenvalue weighted by atomic mass is 19.3. The van der Waals surface area contributed by atoms with Crippen molar-refractivity contribution in [3.05, 3.63) is 54.2 Å². The Bertz CT molecular complexity index is 781. The zero-order chi connectivity index (χ0) is 21.3. The molecule has 0 aliphatic carbocycles. The molecule has 1 fully saturated rings. The van der Waals surface area contributed by atoms with E-state index in [0.29, 0.717) is 12.8 Å². The number of amides is 1. The predicted molar refractivity (Wildman–Crippen MR) is 112 cm³/mol. The van der Waals surface area contributed by atoms with Gasteiger partial charge >= 0.3 is 6.61 Å². The first-order valence-electron chi connectivity index (χ1n) is 10.2. The molecule has 8 heteroatoms. The number of nitrogens with zero attached hydrogens (tertiary/aromatic N) is 3. The number of hydrogen-bond donors (Lipinski definition) is 1. The Balaban J connectivity index is 1.35. The summed E-state index contributed by atoms with van der Waals surface area (Å²) in [5, 5.41) is 3.05. The van der Waals surface area contributed by atoms with Gasteiger partial charge in [-0.2, -0.15) is 8.78 Å². The standard InChI is InChI=1S/C22H28F2N4O2/c1-17(16-27-12-14-28(15-13-27)20-4-2-3-11-25-20)26-21(29)10-7-18-5-8-19(9-6-18)30-22(23)24/h2-6,8-9,11,17,22H,7,10,12-16H2,1H3,(H,26,29). The van der Waals surface area contributed by atoms with Crippen LogP contribution in [-0.2, 0) is 11.2 Å². The fourth-order valence-electron chi connectivity index (χ4n) is 3.58. The summed E-state index contributed by atoms with van der Waals surface area (Å²) < 4.78 is 28.7. The number of piperazine rings is 1. The van der Waals surface area contributed by atoms with Crippen LogP contribution in [0.3, 0.4) is 0 Å². The second-order valence-corrected chi connectivity index (χ2v) is 7.47. The molecule has 2 aromatic rings. The summed E-state index contributed by atoms with van der Waals surface area (Å²) in [7, 11) is 0. The highest BCUT2D eigenvalue weighted by Crippen LogP contribution is 2.16. The lowest BCUT2D eigenvalue weighted by Gasteiger charge is -2.36. The molecule has 1 unspecified atom stereocenters. The van der Waals surface area contributed by atoms with Crippen LogP contribution in [0.15, 0.2) is 48.7 Å². The third kappa shape index (κ3) is 6.95. The first-order chi connectivity index (χ1) is 14.5. The van der Waals surface area contributed by atoms with E-state index in [9.17, 15) is 13.6 Å². The Morgan fingerprint density at radius 2 is 1.87 bits per heavy atom. The van der Waals surface area contributed by atoms with Crippen molar-refractivity contribution in [2.75, 3.05) is 37.6 Å². The molecule has 0 radical (unpaired) electrons. The minimum Gasteiger partial charge on any atom is -0.435 e. The molecule has 1 saturated heterocycles. The first-order valence-corrected chi connectivity index (χ1v) is 10.2. The quantitative estimate of drug-likeness (QED) is 0.679.